The van der Waals surface area contributed by atoms with Gasteiger partial charge in [0.05, 0.1) is 13.1 Å². The highest BCUT2D eigenvalue weighted by atomic mass is 32.8. The number of thiol groups is 1. The van der Waals surface area contributed by atoms with E-state index in [1.807, 2.05) is 0 Å². The van der Waals surface area contributed by atoms with Crippen LogP contribution in [0.3, 0.4) is 0 Å². The second-order valence-electron chi connectivity index (χ2n) is 7.05. The maximum atomic E-state index is 10.5. The number of nitrogens with two attached hydrogens (primary N) is 2. The zero-order valence-electron chi connectivity index (χ0n) is 19.8. The molecule has 0 aromatic heterocycles. The number of rotatable bonds is 19. The molecule has 0 aliphatic carbocycles. The van der Waals surface area contributed by atoms with Gasteiger partial charge in [-0.15, -0.1) is 0 Å². The van der Waals surface area contributed by atoms with Crippen LogP contribution in [0.1, 0.15) is 57.8 Å². The standard InChI is InChI=1S/3C6H12N2O2S2/c7-5(6(9)10)3-1-2-4-8-12-11;7-4-2-1-3-5(6(9)10)8-12-11;9-6(10)5(8-12)3-1-2-4-7-11/h2*5H,1-4,7H2,(H,9,10);5,8,12H,1-4H2,(H,9,10). The van der Waals surface area contributed by atoms with Gasteiger partial charge in [-0.1, -0.05) is 12.8 Å². The molecule has 12 nitrogen and oxygen atoms in total. The first kappa shape index (κ1) is 39.6. The molecular weight excluding hydrogens is 589 g/mol. The smallest absolute Gasteiger partial charge is 0.329 e. The molecule has 18 heteroatoms. The lowest BCUT2D eigenvalue weighted by Crippen LogP contribution is -2.30. The van der Waals surface area contributed by atoms with Crippen LogP contribution >= 0.6 is 12.8 Å². The number of carboxylic acids is 3. The van der Waals surface area contributed by atoms with Crippen molar-refractivity contribution in [3.63, 3.8) is 0 Å². The molecule has 0 aromatic carbocycles. The van der Waals surface area contributed by atoms with E-state index in [4.69, 9.17) is 26.8 Å². The van der Waals surface area contributed by atoms with Crippen molar-refractivity contribution in [2.45, 2.75) is 75.9 Å². The molecule has 0 rings (SSSR count). The predicted octanol–water partition coefficient (Wildman–Crippen LogP) is 1.37. The Kier molecular flexibility index (Phi) is 33.4. The Bertz CT molecular complexity index is 723. The molecule has 3 atom stereocenters. The number of nitrogens with one attached hydrogen (secondary N) is 1. The molecule has 8 N–H and O–H groups in total. The van der Waals surface area contributed by atoms with E-state index >= 15 is 0 Å². The van der Waals surface area contributed by atoms with Gasteiger partial charge in [-0.25, -0.2) is 17.9 Å². The second kappa shape index (κ2) is 30.4. The monoisotopic (exact) mass is 624 g/mol. The number of carbonyl (C=O) groups is 3. The van der Waals surface area contributed by atoms with E-state index in [1.165, 1.54) is 0 Å². The largest absolute Gasteiger partial charge is 0.480 e. The number of hydrogen-bond acceptors (Lipinski definition) is 13. The number of aliphatic carboxylic acids is 3. The Morgan fingerprint density at radius 3 is 1.89 bits per heavy atom. The van der Waals surface area contributed by atoms with Crippen molar-refractivity contribution in [3.8, 4) is 0 Å². The van der Waals surface area contributed by atoms with Crippen LogP contribution in [0.15, 0.2) is 13.1 Å². The summed E-state index contributed by atoms with van der Waals surface area (Å²) in [5.41, 5.74) is 10.5. The molecule has 0 aromatic rings. The summed E-state index contributed by atoms with van der Waals surface area (Å²) in [5, 5.41) is 25.6. The molecule has 0 amide bonds. The summed E-state index contributed by atoms with van der Waals surface area (Å²) in [6.45, 7) is 1.89. The minimum absolute atomic E-state index is 0.507. The normalized spacial score (nSPS) is 12.2. The highest BCUT2D eigenvalue weighted by Crippen LogP contribution is 2.04. The lowest BCUT2D eigenvalue weighted by atomic mass is 10.1. The van der Waals surface area contributed by atoms with Crippen molar-refractivity contribution in [3.05, 3.63) is 0 Å². The molecule has 36 heavy (non-hydrogen) atoms. The molecule has 0 aliphatic rings. The molecule has 0 bridgehead atoms. The number of hydrogen-bond donors (Lipinski definition) is 7. The molecule has 3 unspecified atom stereocenters. The van der Waals surface area contributed by atoms with E-state index < -0.39 is 36.0 Å². The molecule has 0 spiro atoms. The average Bonchev–Trinajstić information content (AvgIpc) is 2.83. The molecule has 0 saturated heterocycles. The third-order valence-electron chi connectivity index (χ3n) is 4.22. The molecule has 0 aliphatic heterocycles. The van der Waals surface area contributed by atoms with E-state index in [9.17, 15) is 14.4 Å². The number of unbranched alkanes of at least 4 members (excludes halogenated alkanes) is 3. The first-order valence-electron chi connectivity index (χ1n) is 10.9. The minimum atomic E-state index is -0.940. The molecule has 0 heterocycles. The fourth-order valence-electron chi connectivity index (χ4n) is 2.22. The van der Waals surface area contributed by atoms with Crippen molar-refractivity contribution in [2.24, 2.45) is 24.6 Å². The van der Waals surface area contributed by atoms with Gasteiger partial charge < -0.3 is 26.8 Å². The SMILES string of the molecule is NC(CCCCN=S=S)C(=O)O.NCCCCC(N=S=S)C(=O)O.O=C(O)C(CCCCN=S)NS. The maximum absolute atomic E-state index is 10.5. The molecule has 0 radical (unpaired) electrons. The first-order chi connectivity index (χ1) is 17.1. The summed E-state index contributed by atoms with van der Waals surface area (Å²) < 4.78 is 13.5. The number of nitrogens with zero attached hydrogens (tertiary/aromatic N) is 3. The molecular formula is C18H36N6O6S6. The fourth-order valence-corrected chi connectivity index (χ4v) is 3.63. The van der Waals surface area contributed by atoms with Gasteiger partial charge in [0.1, 0.15) is 12.1 Å². The topological polar surface area (TPSA) is 213 Å². The Labute approximate surface area is 239 Å². The molecule has 0 fully saturated rings. The van der Waals surface area contributed by atoms with Crippen LogP contribution in [0, 0.1) is 0 Å². The first-order valence-corrected chi connectivity index (χ1v) is 15.1. The van der Waals surface area contributed by atoms with Gasteiger partial charge in [0.15, 0.2) is 6.04 Å². The zero-order valence-corrected chi connectivity index (χ0v) is 24.7. The van der Waals surface area contributed by atoms with E-state index in [0.29, 0.717) is 38.9 Å². The summed E-state index contributed by atoms with van der Waals surface area (Å²) in [6.07, 6.45) is 6.48. The summed E-state index contributed by atoms with van der Waals surface area (Å²) >= 11 is 17.1. The average molecular weight is 625 g/mol. The van der Waals surface area contributed by atoms with Gasteiger partial charge >= 0.3 is 17.9 Å². The van der Waals surface area contributed by atoms with E-state index in [1.54, 1.807) is 0 Å². The van der Waals surface area contributed by atoms with Gasteiger partial charge in [-0.2, -0.15) is 0 Å². The third-order valence-corrected chi connectivity index (χ3v) is 5.91. The Morgan fingerprint density at radius 2 is 1.44 bits per heavy atom. The predicted molar refractivity (Wildman–Crippen MR) is 155 cm³/mol. The quantitative estimate of drug-likeness (QED) is 0.0802. The van der Waals surface area contributed by atoms with Crippen LogP contribution < -0.4 is 16.2 Å². The lowest BCUT2D eigenvalue weighted by Gasteiger charge is -2.08. The van der Waals surface area contributed by atoms with Crippen molar-refractivity contribution in [1.82, 2.24) is 4.72 Å². The van der Waals surface area contributed by atoms with Crippen molar-refractivity contribution >= 4 is 85.8 Å². The van der Waals surface area contributed by atoms with Gasteiger partial charge in [-0.05, 0) is 64.3 Å². The van der Waals surface area contributed by atoms with Crippen molar-refractivity contribution < 1.29 is 29.7 Å². The van der Waals surface area contributed by atoms with Crippen LogP contribution in [-0.4, -0.2) is 71.0 Å². The Hall–Kier alpha value is -0.860. The fraction of sp³-hybridized carbons (Fsp3) is 0.833. The number of carboxylic acid groups (broad SMARTS) is 3. The lowest BCUT2D eigenvalue weighted by molar-refractivity contribution is -0.139. The van der Waals surface area contributed by atoms with Crippen molar-refractivity contribution in [1.29, 1.82) is 0 Å². The van der Waals surface area contributed by atoms with E-state index in [0.717, 1.165) is 58.8 Å². The van der Waals surface area contributed by atoms with E-state index in [-0.39, 0.29) is 0 Å². The van der Waals surface area contributed by atoms with Crippen LogP contribution in [0.25, 0.3) is 0 Å². The zero-order chi connectivity index (χ0) is 28.2. The van der Waals surface area contributed by atoms with Crippen LogP contribution in [-0.2, 0) is 69.4 Å². The third kappa shape index (κ3) is 29.4. The van der Waals surface area contributed by atoms with Gasteiger partial charge in [0.2, 0.25) is 0 Å². The van der Waals surface area contributed by atoms with Gasteiger partial charge in [-0.3, -0.25) is 14.3 Å². The highest BCUT2D eigenvalue weighted by molar-refractivity contribution is 8.12. The van der Waals surface area contributed by atoms with Gasteiger partial charge in [0, 0.05) is 55.0 Å². The van der Waals surface area contributed by atoms with Crippen LogP contribution in [0.2, 0.25) is 0 Å². The summed E-state index contributed by atoms with van der Waals surface area (Å²) in [7, 11) is 1.82. The second-order valence-corrected chi connectivity index (χ2v) is 9.23. The Balaban J connectivity index is -0.000000454. The summed E-state index contributed by atoms with van der Waals surface area (Å²) in [5.74, 6) is -2.73. The molecule has 0 saturated carbocycles. The molecule has 210 valence electrons. The summed E-state index contributed by atoms with van der Waals surface area (Å²) in [4.78, 5) is 31.2. The van der Waals surface area contributed by atoms with E-state index in [2.05, 4.69) is 65.4 Å². The van der Waals surface area contributed by atoms with Crippen LogP contribution in [0.4, 0.5) is 0 Å². The minimum Gasteiger partial charge on any atom is -0.480 e. The van der Waals surface area contributed by atoms with Crippen molar-refractivity contribution in [2.75, 3.05) is 19.6 Å². The van der Waals surface area contributed by atoms with Crippen LogP contribution in [0.5, 0.6) is 0 Å². The van der Waals surface area contributed by atoms with Gasteiger partial charge in [0.25, 0.3) is 0 Å². The maximum Gasteiger partial charge on any atom is 0.329 e. The summed E-state index contributed by atoms with van der Waals surface area (Å²) in [6, 6.07) is -1.97. The Morgan fingerprint density at radius 1 is 0.861 bits per heavy atom. The highest BCUT2D eigenvalue weighted by Gasteiger charge is 2.14.